The van der Waals surface area contributed by atoms with Crippen molar-refractivity contribution in [2.75, 3.05) is 20.3 Å². The van der Waals surface area contributed by atoms with Crippen molar-refractivity contribution >= 4 is 5.97 Å². The third-order valence-corrected chi connectivity index (χ3v) is 1.43. The number of carbonyl (C=O) groups excluding carboxylic acids is 1. The van der Waals surface area contributed by atoms with Crippen LogP contribution in [0.15, 0.2) is 11.3 Å². The molecule has 0 aliphatic carbocycles. The molecule has 0 aromatic heterocycles. The van der Waals surface area contributed by atoms with Crippen LogP contribution in [-0.2, 0) is 14.3 Å². The Balaban J connectivity index is 4.15. The maximum atomic E-state index is 10.9. The predicted octanol–water partition coefficient (Wildman–Crippen LogP) is 0.462. The van der Waals surface area contributed by atoms with Crippen molar-refractivity contribution in [1.29, 1.82) is 0 Å². The third kappa shape index (κ3) is 3.39. The Morgan fingerprint density at radius 3 is 2.42 bits per heavy atom. The van der Waals surface area contributed by atoms with Crippen LogP contribution < -0.4 is 0 Å². The molecule has 0 aliphatic rings. The molecule has 0 radical (unpaired) electrons. The van der Waals surface area contributed by atoms with Gasteiger partial charge in [0.05, 0.1) is 19.3 Å². The SMILES string of the molecule is COC(=O)C(C)=C(C)OCCO. The van der Waals surface area contributed by atoms with Crippen LogP contribution in [0.5, 0.6) is 0 Å². The van der Waals surface area contributed by atoms with E-state index < -0.39 is 5.97 Å². The highest BCUT2D eigenvalue weighted by Gasteiger charge is 2.07. The van der Waals surface area contributed by atoms with Crippen LogP contribution in [0.3, 0.4) is 0 Å². The summed E-state index contributed by atoms with van der Waals surface area (Å²) in [5, 5.41) is 8.43. The molecule has 0 heterocycles. The van der Waals surface area contributed by atoms with Crippen LogP contribution in [0, 0.1) is 0 Å². The summed E-state index contributed by atoms with van der Waals surface area (Å²) in [6, 6.07) is 0. The van der Waals surface area contributed by atoms with Crippen LogP contribution in [0.2, 0.25) is 0 Å². The molecule has 0 unspecified atom stereocenters. The first kappa shape index (κ1) is 11.0. The van der Waals surface area contributed by atoms with Gasteiger partial charge in [0.2, 0.25) is 0 Å². The van der Waals surface area contributed by atoms with E-state index in [-0.39, 0.29) is 13.2 Å². The van der Waals surface area contributed by atoms with Gasteiger partial charge in [-0.05, 0) is 13.8 Å². The van der Waals surface area contributed by atoms with Gasteiger partial charge in [0.15, 0.2) is 0 Å². The number of carbonyl (C=O) groups is 1. The van der Waals surface area contributed by atoms with E-state index in [1.54, 1.807) is 13.8 Å². The third-order valence-electron chi connectivity index (χ3n) is 1.43. The Kier molecular flexibility index (Phi) is 5.12. The summed E-state index contributed by atoms with van der Waals surface area (Å²) in [4.78, 5) is 10.9. The Hall–Kier alpha value is -1.03. The molecule has 0 atom stereocenters. The molecule has 0 spiro atoms. The van der Waals surface area contributed by atoms with Crippen LogP contribution in [0.1, 0.15) is 13.8 Å². The number of methoxy groups -OCH3 is 1. The van der Waals surface area contributed by atoms with Crippen LogP contribution in [0.25, 0.3) is 0 Å². The van der Waals surface area contributed by atoms with Crippen molar-refractivity contribution in [3.8, 4) is 0 Å². The topological polar surface area (TPSA) is 55.8 Å². The lowest BCUT2D eigenvalue weighted by Gasteiger charge is -2.06. The summed E-state index contributed by atoms with van der Waals surface area (Å²) < 4.78 is 9.48. The zero-order valence-electron chi connectivity index (χ0n) is 7.59. The Morgan fingerprint density at radius 1 is 1.42 bits per heavy atom. The van der Waals surface area contributed by atoms with E-state index in [9.17, 15) is 4.79 Å². The number of aliphatic hydroxyl groups is 1. The molecule has 0 saturated heterocycles. The van der Waals surface area contributed by atoms with Crippen LogP contribution >= 0.6 is 0 Å². The summed E-state index contributed by atoms with van der Waals surface area (Å²) >= 11 is 0. The smallest absolute Gasteiger partial charge is 0.336 e. The number of esters is 1. The van der Waals surface area contributed by atoms with E-state index >= 15 is 0 Å². The van der Waals surface area contributed by atoms with Crippen LogP contribution in [0.4, 0.5) is 0 Å². The summed E-state index contributed by atoms with van der Waals surface area (Å²) in [5.74, 6) is 0.0707. The number of ether oxygens (including phenoxy) is 2. The van der Waals surface area contributed by atoms with Crippen molar-refractivity contribution in [1.82, 2.24) is 0 Å². The van der Waals surface area contributed by atoms with Crippen molar-refractivity contribution in [2.45, 2.75) is 13.8 Å². The van der Waals surface area contributed by atoms with Gasteiger partial charge in [0, 0.05) is 0 Å². The molecule has 1 N–H and O–H groups in total. The van der Waals surface area contributed by atoms with Gasteiger partial charge in [0.1, 0.15) is 12.4 Å². The number of allylic oxidation sites excluding steroid dienone is 1. The largest absolute Gasteiger partial charge is 0.495 e. The molecular weight excluding hydrogens is 160 g/mol. The van der Waals surface area contributed by atoms with Gasteiger partial charge in [-0.25, -0.2) is 4.79 Å². The van der Waals surface area contributed by atoms with E-state index in [0.29, 0.717) is 11.3 Å². The number of hydrogen-bond acceptors (Lipinski definition) is 4. The van der Waals surface area contributed by atoms with E-state index in [4.69, 9.17) is 9.84 Å². The Morgan fingerprint density at radius 2 is 2.00 bits per heavy atom. The first-order valence-corrected chi connectivity index (χ1v) is 3.63. The van der Waals surface area contributed by atoms with Gasteiger partial charge in [-0.2, -0.15) is 0 Å². The molecule has 0 amide bonds. The Bertz CT molecular complexity index is 183. The zero-order valence-corrected chi connectivity index (χ0v) is 7.59. The quantitative estimate of drug-likeness (QED) is 0.382. The standard InChI is InChI=1S/C8H14O4/c1-6(8(10)11-3)7(2)12-5-4-9/h9H,4-5H2,1-3H3. The first-order chi connectivity index (χ1) is 5.63. The van der Waals surface area contributed by atoms with Gasteiger partial charge >= 0.3 is 5.97 Å². The molecule has 0 rings (SSSR count). The zero-order chi connectivity index (χ0) is 9.56. The molecule has 0 bridgehead atoms. The van der Waals surface area contributed by atoms with Crippen molar-refractivity contribution in [3.05, 3.63) is 11.3 Å². The van der Waals surface area contributed by atoms with Gasteiger partial charge in [-0.15, -0.1) is 0 Å². The molecule has 0 fully saturated rings. The summed E-state index contributed by atoms with van der Waals surface area (Å²) in [6.45, 7) is 3.40. The molecule has 12 heavy (non-hydrogen) atoms. The normalized spacial score (nSPS) is 12.0. The molecule has 0 aliphatic heterocycles. The molecule has 0 aromatic rings. The molecule has 4 heteroatoms. The lowest BCUT2D eigenvalue weighted by molar-refractivity contribution is -0.136. The second kappa shape index (κ2) is 5.60. The highest BCUT2D eigenvalue weighted by molar-refractivity contribution is 5.88. The second-order valence-corrected chi connectivity index (χ2v) is 2.24. The fourth-order valence-corrected chi connectivity index (χ4v) is 0.604. The lowest BCUT2D eigenvalue weighted by atomic mass is 10.3. The average Bonchev–Trinajstić information content (AvgIpc) is 2.11. The minimum atomic E-state index is -0.412. The summed E-state index contributed by atoms with van der Waals surface area (Å²) in [5.41, 5.74) is 0.422. The van der Waals surface area contributed by atoms with E-state index in [2.05, 4.69) is 4.74 Å². The minimum Gasteiger partial charge on any atom is -0.495 e. The average molecular weight is 174 g/mol. The first-order valence-electron chi connectivity index (χ1n) is 3.63. The Labute approximate surface area is 71.8 Å². The van der Waals surface area contributed by atoms with Gasteiger partial charge in [-0.1, -0.05) is 0 Å². The van der Waals surface area contributed by atoms with Gasteiger partial charge < -0.3 is 14.6 Å². The van der Waals surface area contributed by atoms with Gasteiger partial charge in [0.25, 0.3) is 0 Å². The highest BCUT2D eigenvalue weighted by Crippen LogP contribution is 2.05. The van der Waals surface area contributed by atoms with E-state index in [1.165, 1.54) is 7.11 Å². The highest BCUT2D eigenvalue weighted by atomic mass is 16.5. The fraction of sp³-hybridized carbons (Fsp3) is 0.625. The maximum Gasteiger partial charge on any atom is 0.336 e. The van der Waals surface area contributed by atoms with Crippen molar-refractivity contribution in [3.63, 3.8) is 0 Å². The molecule has 4 nitrogen and oxygen atoms in total. The van der Waals surface area contributed by atoms with Gasteiger partial charge in [-0.3, -0.25) is 0 Å². The van der Waals surface area contributed by atoms with E-state index in [1.807, 2.05) is 0 Å². The second-order valence-electron chi connectivity index (χ2n) is 2.24. The maximum absolute atomic E-state index is 10.9. The number of aliphatic hydroxyl groups excluding tert-OH is 1. The predicted molar refractivity (Wildman–Crippen MR) is 43.4 cm³/mol. The van der Waals surface area contributed by atoms with Crippen LogP contribution in [-0.4, -0.2) is 31.4 Å². The minimum absolute atomic E-state index is 0.0637. The molecule has 70 valence electrons. The monoisotopic (exact) mass is 174 g/mol. The van der Waals surface area contributed by atoms with E-state index in [0.717, 1.165) is 0 Å². The summed E-state index contributed by atoms with van der Waals surface area (Å²) in [6.07, 6.45) is 0. The van der Waals surface area contributed by atoms with Crippen molar-refractivity contribution < 1.29 is 19.4 Å². The number of hydrogen-bond donors (Lipinski definition) is 1. The molecule has 0 aromatic carbocycles. The van der Waals surface area contributed by atoms with Crippen molar-refractivity contribution in [2.24, 2.45) is 0 Å². The molecule has 0 saturated carbocycles. The molecular formula is C8H14O4. The number of rotatable bonds is 4. The lowest BCUT2D eigenvalue weighted by Crippen LogP contribution is -2.07. The summed E-state index contributed by atoms with van der Waals surface area (Å²) in [7, 11) is 1.31. The fourth-order valence-electron chi connectivity index (χ4n) is 0.604.